The summed E-state index contributed by atoms with van der Waals surface area (Å²) in [5, 5.41) is 13.0. The standard InChI is InChI=1S/C15H24N2O3S/c1-12(16-3)13-4-6-14(7-5-13)21(19,20)17-10-8-15(2,18)9-11-17/h4-7,12,16,18H,8-11H2,1-3H3. The molecule has 2 N–H and O–H groups in total. The molecule has 0 aliphatic carbocycles. The molecule has 2 rings (SSSR count). The van der Waals surface area contributed by atoms with Crippen LogP contribution in [0.4, 0.5) is 0 Å². The largest absolute Gasteiger partial charge is 0.390 e. The third-order valence-electron chi connectivity index (χ3n) is 4.25. The minimum absolute atomic E-state index is 0.187. The molecule has 6 heteroatoms. The third-order valence-corrected chi connectivity index (χ3v) is 6.16. The zero-order valence-corrected chi connectivity index (χ0v) is 13.7. The number of hydrogen-bond donors (Lipinski definition) is 2. The van der Waals surface area contributed by atoms with E-state index in [0.29, 0.717) is 30.8 Å². The molecule has 0 radical (unpaired) electrons. The van der Waals surface area contributed by atoms with Crippen LogP contribution in [0.15, 0.2) is 29.2 Å². The first kappa shape index (κ1) is 16.4. The number of piperidine rings is 1. The minimum Gasteiger partial charge on any atom is -0.390 e. The zero-order chi connectivity index (χ0) is 15.7. The van der Waals surface area contributed by atoms with Gasteiger partial charge >= 0.3 is 0 Å². The lowest BCUT2D eigenvalue weighted by Crippen LogP contribution is -2.45. The molecular formula is C15H24N2O3S. The van der Waals surface area contributed by atoms with Crippen LogP contribution in [0, 0.1) is 0 Å². The van der Waals surface area contributed by atoms with E-state index in [1.165, 1.54) is 4.31 Å². The van der Waals surface area contributed by atoms with Crippen molar-refractivity contribution < 1.29 is 13.5 Å². The molecule has 1 atom stereocenters. The number of rotatable bonds is 4. The Hall–Kier alpha value is -0.950. The molecule has 1 aliphatic heterocycles. The second-order valence-corrected chi connectivity index (χ2v) is 7.92. The van der Waals surface area contributed by atoms with Gasteiger partial charge in [0.2, 0.25) is 10.0 Å². The van der Waals surface area contributed by atoms with Crippen LogP contribution < -0.4 is 5.32 Å². The van der Waals surface area contributed by atoms with E-state index in [2.05, 4.69) is 5.32 Å². The molecule has 1 fully saturated rings. The predicted octanol–water partition coefficient (Wildman–Crippen LogP) is 1.50. The van der Waals surface area contributed by atoms with Crippen molar-refractivity contribution in [3.05, 3.63) is 29.8 Å². The summed E-state index contributed by atoms with van der Waals surface area (Å²) in [7, 11) is -1.59. The molecule has 1 unspecified atom stereocenters. The Kier molecular flexibility index (Phi) is 4.72. The van der Waals surface area contributed by atoms with Gasteiger partial charge < -0.3 is 10.4 Å². The Balaban J connectivity index is 2.17. The van der Waals surface area contributed by atoms with Gasteiger partial charge in [0, 0.05) is 19.1 Å². The van der Waals surface area contributed by atoms with E-state index in [0.717, 1.165) is 5.56 Å². The van der Waals surface area contributed by atoms with Crippen molar-refractivity contribution in [2.24, 2.45) is 0 Å². The normalized spacial score (nSPS) is 21.1. The van der Waals surface area contributed by atoms with Gasteiger partial charge in [-0.2, -0.15) is 4.31 Å². The Bertz CT molecular complexity index is 571. The van der Waals surface area contributed by atoms with E-state index in [-0.39, 0.29) is 6.04 Å². The third kappa shape index (κ3) is 3.63. The van der Waals surface area contributed by atoms with Gasteiger partial charge in [0.25, 0.3) is 0 Å². The van der Waals surface area contributed by atoms with Crippen LogP contribution in [-0.2, 0) is 10.0 Å². The van der Waals surface area contributed by atoms with Crippen molar-refractivity contribution in [2.45, 2.75) is 43.2 Å². The van der Waals surface area contributed by atoms with Crippen LogP contribution in [0.25, 0.3) is 0 Å². The van der Waals surface area contributed by atoms with Gasteiger partial charge in [0.05, 0.1) is 10.5 Å². The molecule has 1 aliphatic rings. The summed E-state index contributed by atoms with van der Waals surface area (Å²) in [6.45, 7) is 4.51. The van der Waals surface area contributed by atoms with E-state index in [9.17, 15) is 13.5 Å². The van der Waals surface area contributed by atoms with Gasteiger partial charge in [-0.25, -0.2) is 8.42 Å². The van der Waals surface area contributed by atoms with Gasteiger partial charge in [-0.3, -0.25) is 0 Å². The number of aliphatic hydroxyl groups is 1. The summed E-state index contributed by atoms with van der Waals surface area (Å²) in [5.41, 5.74) is 0.302. The first-order chi connectivity index (χ1) is 9.76. The summed E-state index contributed by atoms with van der Waals surface area (Å²) < 4.78 is 26.6. The van der Waals surface area contributed by atoms with E-state index >= 15 is 0 Å². The van der Waals surface area contributed by atoms with E-state index in [4.69, 9.17) is 0 Å². The van der Waals surface area contributed by atoms with E-state index in [1.807, 2.05) is 26.1 Å². The lowest BCUT2D eigenvalue weighted by Gasteiger charge is -2.35. The second-order valence-electron chi connectivity index (χ2n) is 5.98. The summed E-state index contributed by atoms with van der Waals surface area (Å²) in [6, 6.07) is 7.19. The maximum absolute atomic E-state index is 12.6. The molecule has 5 nitrogen and oxygen atoms in total. The zero-order valence-electron chi connectivity index (χ0n) is 12.8. The highest BCUT2D eigenvalue weighted by atomic mass is 32.2. The van der Waals surface area contributed by atoms with Gasteiger partial charge in [0.15, 0.2) is 0 Å². The van der Waals surface area contributed by atoms with Crippen molar-refractivity contribution in [3.63, 3.8) is 0 Å². The summed E-state index contributed by atoms with van der Waals surface area (Å²) in [6.07, 6.45) is 0.947. The van der Waals surface area contributed by atoms with Crippen LogP contribution in [0.1, 0.15) is 38.3 Å². The van der Waals surface area contributed by atoms with Crippen molar-refractivity contribution in [1.82, 2.24) is 9.62 Å². The molecule has 0 amide bonds. The van der Waals surface area contributed by atoms with Crippen molar-refractivity contribution in [1.29, 1.82) is 0 Å². The van der Waals surface area contributed by atoms with Gasteiger partial charge in [0.1, 0.15) is 0 Å². The number of benzene rings is 1. The molecule has 118 valence electrons. The number of nitrogens with one attached hydrogen (secondary N) is 1. The fraction of sp³-hybridized carbons (Fsp3) is 0.600. The summed E-state index contributed by atoms with van der Waals surface area (Å²) in [5.74, 6) is 0. The van der Waals surface area contributed by atoms with Crippen LogP contribution in [0.2, 0.25) is 0 Å². The molecule has 0 spiro atoms. The molecule has 1 aromatic carbocycles. The van der Waals surface area contributed by atoms with Gasteiger partial charge in [-0.1, -0.05) is 12.1 Å². The first-order valence-electron chi connectivity index (χ1n) is 7.26. The monoisotopic (exact) mass is 312 g/mol. The molecule has 0 aromatic heterocycles. The molecule has 0 bridgehead atoms. The lowest BCUT2D eigenvalue weighted by atomic mass is 9.95. The molecule has 1 heterocycles. The molecule has 1 aromatic rings. The average molecular weight is 312 g/mol. The first-order valence-corrected chi connectivity index (χ1v) is 8.70. The maximum Gasteiger partial charge on any atom is 0.243 e. The van der Waals surface area contributed by atoms with E-state index in [1.54, 1.807) is 19.1 Å². The van der Waals surface area contributed by atoms with Gasteiger partial charge in [-0.15, -0.1) is 0 Å². The summed E-state index contributed by atoms with van der Waals surface area (Å²) >= 11 is 0. The quantitative estimate of drug-likeness (QED) is 0.884. The van der Waals surface area contributed by atoms with E-state index < -0.39 is 15.6 Å². The molecule has 0 saturated carbocycles. The molecule has 21 heavy (non-hydrogen) atoms. The maximum atomic E-state index is 12.6. The fourth-order valence-corrected chi connectivity index (χ4v) is 3.89. The topological polar surface area (TPSA) is 69.6 Å². The molecular weight excluding hydrogens is 288 g/mol. The minimum atomic E-state index is -3.46. The smallest absolute Gasteiger partial charge is 0.243 e. The van der Waals surface area contributed by atoms with Crippen molar-refractivity contribution in [2.75, 3.05) is 20.1 Å². The highest BCUT2D eigenvalue weighted by Gasteiger charge is 2.33. The van der Waals surface area contributed by atoms with Crippen LogP contribution >= 0.6 is 0 Å². The lowest BCUT2D eigenvalue weighted by molar-refractivity contribution is 0.0126. The Morgan fingerprint density at radius 1 is 1.24 bits per heavy atom. The predicted molar refractivity (Wildman–Crippen MR) is 82.5 cm³/mol. The average Bonchev–Trinajstić information content (AvgIpc) is 2.46. The highest BCUT2D eigenvalue weighted by Crippen LogP contribution is 2.26. The Labute approximate surface area is 127 Å². The van der Waals surface area contributed by atoms with Crippen molar-refractivity contribution >= 4 is 10.0 Å². The Morgan fingerprint density at radius 2 is 1.76 bits per heavy atom. The second kappa shape index (κ2) is 6.04. The van der Waals surface area contributed by atoms with Crippen molar-refractivity contribution in [3.8, 4) is 0 Å². The fourth-order valence-electron chi connectivity index (χ4n) is 2.45. The van der Waals surface area contributed by atoms with Crippen LogP contribution in [0.5, 0.6) is 0 Å². The van der Waals surface area contributed by atoms with Gasteiger partial charge in [-0.05, 0) is 51.4 Å². The SMILES string of the molecule is CNC(C)c1ccc(S(=O)(=O)N2CCC(C)(O)CC2)cc1. The number of nitrogens with zero attached hydrogens (tertiary/aromatic N) is 1. The van der Waals surface area contributed by atoms with Crippen LogP contribution in [-0.4, -0.2) is 43.6 Å². The molecule has 1 saturated heterocycles. The van der Waals surface area contributed by atoms with Crippen LogP contribution in [0.3, 0.4) is 0 Å². The number of sulfonamides is 1. The highest BCUT2D eigenvalue weighted by molar-refractivity contribution is 7.89. The Morgan fingerprint density at radius 3 is 2.24 bits per heavy atom. The number of hydrogen-bond acceptors (Lipinski definition) is 4. The summed E-state index contributed by atoms with van der Waals surface area (Å²) in [4.78, 5) is 0.316.